The van der Waals surface area contributed by atoms with Crippen LogP contribution in [-0.2, 0) is 24.4 Å². The van der Waals surface area contributed by atoms with Crippen LogP contribution in [0.25, 0.3) is 0 Å². The molecule has 0 atom stereocenters. The van der Waals surface area contributed by atoms with Gasteiger partial charge in [0, 0.05) is 30.9 Å². The summed E-state index contributed by atoms with van der Waals surface area (Å²) in [5.74, 6) is 0. The van der Waals surface area contributed by atoms with E-state index in [0.29, 0.717) is 0 Å². The van der Waals surface area contributed by atoms with Gasteiger partial charge in [-0.3, -0.25) is 4.68 Å². The summed E-state index contributed by atoms with van der Waals surface area (Å²) >= 11 is 0. The Morgan fingerprint density at radius 3 is 2.10 bits per heavy atom. The van der Waals surface area contributed by atoms with Gasteiger partial charge in [0.1, 0.15) is 0 Å². The lowest BCUT2D eigenvalue weighted by molar-refractivity contribution is -0.704. The number of aryl methyl sites for hydroxylation is 1. The Bertz CT molecular complexity index is 571. The standard InChI is InChI=1S/C17H26N3/c1-16(2,3)14-7-9-20(10-8-14)13-17(4,5)15-11-18-19(6)12-15/h7-12H,13H2,1-6H3/q+1. The van der Waals surface area contributed by atoms with Crippen molar-refractivity contribution >= 4 is 0 Å². The fourth-order valence-electron chi connectivity index (χ4n) is 2.38. The Morgan fingerprint density at radius 2 is 1.65 bits per heavy atom. The summed E-state index contributed by atoms with van der Waals surface area (Å²) in [6, 6.07) is 4.44. The van der Waals surface area contributed by atoms with Crippen LogP contribution in [0.2, 0.25) is 0 Å². The fraction of sp³-hybridized carbons (Fsp3) is 0.529. The fourth-order valence-corrected chi connectivity index (χ4v) is 2.38. The first-order chi connectivity index (χ1) is 9.18. The largest absolute Gasteiger partial charge is 0.276 e. The summed E-state index contributed by atoms with van der Waals surface area (Å²) in [6.45, 7) is 12.2. The van der Waals surface area contributed by atoms with Gasteiger partial charge in [0.2, 0.25) is 0 Å². The number of hydrogen-bond donors (Lipinski definition) is 0. The zero-order valence-corrected chi connectivity index (χ0v) is 13.5. The summed E-state index contributed by atoms with van der Waals surface area (Å²) in [5, 5.41) is 4.28. The van der Waals surface area contributed by atoms with Crippen LogP contribution in [0.4, 0.5) is 0 Å². The number of pyridine rings is 1. The van der Waals surface area contributed by atoms with Gasteiger partial charge in [0.15, 0.2) is 18.9 Å². The minimum Gasteiger partial charge on any atom is -0.276 e. The van der Waals surface area contributed by atoms with Crippen LogP contribution >= 0.6 is 0 Å². The molecule has 3 nitrogen and oxygen atoms in total. The van der Waals surface area contributed by atoms with Crippen LogP contribution in [-0.4, -0.2) is 9.78 Å². The molecule has 2 rings (SSSR count). The van der Waals surface area contributed by atoms with Crippen LogP contribution in [0.3, 0.4) is 0 Å². The third-order valence-corrected chi connectivity index (χ3v) is 3.82. The first kappa shape index (κ1) is 14.8. The van der Waals surface area contributed by atoms with E-state index in [1.165, 1.54) is 11.1 Å². The van der Waals surface area contributed by atoms with Gasteiger partial charge in [-0.2, -0.15) is 5.10 Å². The average molecular weight is 272 g/mol. The van der Waals surface area contributed by atoms with E-state index >= 15 is 0 Å². The molecule has 0 fully saturated rings. The van der Waals surface area contributed by atoms with Gasteiger partial charge in [-0.25, -0.2) is 4.57 Å². The maximum atomic E-state index is 4.28. The predicted molar refractivity (Wildman–Crippen MR) is 81.6 cm³/mol. The molecular weight excluding hydrogens is 246 g/mol. The summed E-state index contributed by atoms with van der Waals surface area (Å²) in [6.07, 6.45) is 8.42. The molecule has 0 unspecified atom stereocenters. The molecule has 108 valence electrons. The van der Waals surface area contributed by atoms with Crippen molar-refractivity contribution in [1.82, 2.24) is 9.78 Å². The molecule has 0 spiro atoms. The van der Waals surface area contributed by atoms with Crippen molar-refractivity contribution in [3.05, 3.63) is 48.0 Å². The van der Waals surface area contributed by atoms with Crippen molar-refractivity contribution in [3.8, 4) is 0 Å². The topological polar surface area (TPSA) is 21.7 Å². The highest BCUT2D eigenvalue weighted by molar-refractivity contribution is 5.18. The molecule has 3 heteroatoms. The van der Waals surface area contributed by atoms with Gasteiger partial charge in [-0.1, -0.05) is 20.8 Å². The normalized spacial score (nSPS) is 12.7. The summed E-state index contributed by atoms with van der Waals surface area (Å²) in [5.41, 5.74) is 2.92. The minimum atomic E-state index is 0.0716. The molecule has 2 heterocycles. The molecule has 0 N–H and O–H groups in total. The van der Waals surface area contributed by atoms with Gasteiger partial charge < -0.3 is 0 Å². The minimum absolute atomic E-state index is 0.0716. The van der Waals surface area contributed by atoms with Gasteiger partial charge in [-0.15, -0.1) is 0 Å². The Morgan fingerprint density at radius 1 is 1.05 bits per heavy atom. The first-order valence-corrected chi connectivity index (χ1v) is 7.17. The van der Waals surface area contributed by atoms with Crippen molar-refractivity contribution in [2.24, 2.45) is 7.05 Å². The molecular formula is C17H26N3+. The van der Waals surface area contributed by atoms with Gasteiger partial charge in [0.05, 0.1) is 11.6 Å². The van der Waals surface area contributed by atoms with E-state index in [4.69, 9.17) is 0 Å². The molecule has 0 radical (unpaired) electrons. The molecule has 2 aromatic heterocycles. The highest BCUT2D eigenvalue weighted by atomic mass is 15.2. The Labute approximate surface area is 122 Å². The van der Waals surface area contributed by atoms with E-state index in [0.717, 1.165) is 6.54 Å². The van der Waals surface area contributed by atoms with E-state index in [1.807, 2.05) is 17.9 Å². The van der Waals surface area contributed by atoms with E-state index < -0.39 is 0 Å². The molecule has 0 aliphatic rings. The molecule has 0 aliphatic carbocycles. The van der Waals surface area contributed by atoms with Crippen LogP contribution < -0.4 is 4.57 Å². The second-order valence-electron chi connectivity index (χ2n) is 7.30. The molecule has 0 aromatic carbocycles. The van der Waals surface area contributed by atoms with Crippen LogP contribution in [0, 0.1) is 0 Å². The van der Waals surface area contributed by atoms with Crippen LogP contribution in [0.5, 0.6) is 0 Å². The van der Waals surface area contributed by atoms with Gasteiger partial charge in [-0.05, 0) is 24.8 Å². The molecule has 0 bridgehead atoms. The summed E-state index contributed by atoms with van der Waals surface area (Å²) in [7, 11) is 1.96. The quantitative estimate of drug-likeness (QED) is 0.787. The first-order valence-electron chi connectivity index (χ1n) is 7.17. The number of aromatic nitrogens is 3. The maximum Gasteiger partial charge on any atom is 0.169 e. The Kier molecular flexibility index (Phi) is 3.72. The molecule has 2 aromatic rings. The third-order valence-electron chi connectivity index (χ3n) is 3.82. The molecule has 20 heavy (non-hydrogen) atoms. The van der Waals surface area contributed by atoms with Crippen molar-refractivity contribution in [2.45, 2.75) is 52.0 Å². The van der Waals surface area contributed by atoms with E-state index in [2.05, 4.69) is 75.0 Å². The lowest BCUT2D eigenvalue weighted by Crippen LogP contribution is -2.42. The Balaban J connectivity index is 2.17. The van der Waals surface area contributed by atoms with Crippen molar-refractivity contribution in [1.29, 1.82) is 0 Å². The number of nitrogens with zero attached hydrogens (tertiary/aromatic N) is 3. The predicted octanol–water partition coefficient (Wildman–Crippen LogP) is 2.98. The molecule has 0 saturated carbocycles. The monoisotopic (exact) mass is 272 g/mol. The lowest BCUT2D eigenvalue weighted by atomic mass is 9.86. The lowest BCUT2D eigenvalue weighted by Gasteiger charge is -2.21. The third kappa shape index (κ3) is 3.27. The number of hydrogen-bond acceptors (Lipinski definition) is 1. The molecule has 0 amide bonds. The zero-order valence-electron chi connectivity index (χ0n) is 13.5. The SMILES string of the molecule is Cn1cc(C(C)(C)C[n+]2ccc(C(C)(C)C)cc2)cn1. The summed E-state index contributed by atoms with van der Waals surface area (Å²) in [4.78, 5) is 0. The zero-order chi connectivity index (χ0) is 15.0. The number of rotatable bonds is 3. The molecule has 0 aliphatic heterocycles. The van der Waals surface area contributed by atoms with Crippen molar-refractivity contribution < 1.29 is 4.57 Å². The maximum absolute atomic E-state index is 4.28. The van der Waals surface area contributed by atoms with Crippen molar-refractivity contribution in [2.75, 3.05) is 0 Å². The van der Waals surface area contributed by atoms with E-state index in [1.54, 1.807) is 0 Å². The second kappa shape index (κ2) is 5.04. The van der Waals surface area contributed by atoms with Crippen LogP contribution in [0.15, 0.2) is 36.9 Å². The van der Waals surface area contributed by atoms with Gasteiger partial charge >= 0.3 is 0 Å². The Hall–Kier alpha value is -1.64. The van der Waals surface area contributed by atoms with Crippen molar-refractivity contribution in [3.63, 3.8) is 0 Å². The highest BCUT2D eigenvalue weighted by Crippen LogP contribution is 2.23. The average Bonchev–Trinajstić information content (AvgIpc) is 2.76. The van der Waals surface area contributed by atoms with Gasteiger partial charge in [0.25, 0.3) is 0 Å². The highest BCUT2D eigenvalue weighted by Gasteiger charge is 2.27. The summed E-state index contributed by atoms with van der Waals surface area (Å²) < 4.78 is 4.12. The van der Waals surface area contributed by atoms with Crippen LogP contribution in [0.1, 0.15) is 45.7 Å². The smallest absolute Gasteiger partial charge is 0.169 e. The van der Waals surface area contributed by atoms with E-state index in [-0.39, 0.29) is 10.8 Å². The molecule has 0 saturated heterocycles. The second-order valence-corrected chi connectivity index (χ2v) is 7.30. The van der Waals surface area contributed by atoms with E-state index in [9.17, 15) is 0 Å².